The third-order valence-electron chi connectivity index (χ3n) is 3.76. The number of aryl methyl sites for hydroxylation is 1. The predicted molar refractivity (Wildman–Crippen MR) is 77.8 cm³/mol. The van der Waals surface area contributed by atoms with E-state index in [-0.39, 0.29) is 11.9 Å². The summed E-state index contributed by atoms with van der Waals surface area (Å²) in [5.74, 6) is 0.468. The molecule has 1 aliphatic rings. The minimum absolute atomic E-state index is 0.0343. The maximum absolute atomic E-state index is 12.1. The fraction of sp³-hybridized carbons (Fsp3) is 0.429. The van der Waals surface area contributed by atoms with Gasteiger partial charge in [0.25, 0.3) is 0 Å². The first kappa shape index (κ1) is 13.7. The largest absolute Gasteiger partial charge is 0.327 e. The molecule has 1 aromatic heterocycles. The van der Waals surface area contributed by atoms with Crippen molar-refractivity contribution in [3.05, 3.63) is 30.1 Å². The number of amides is 1. The first-order chi connectivity index (χ1) is 10.1. The monoisotopic (exact) mass is 286 g/mol. The molecule has 1 amide bonds. The Balaban J connectivity index is 1.71. The second-order valence-corrected chi connectivity index (χ2v) is 5.51. The van der Waals surface area contributed by atoms with Gasteiger partial charge in [0.1, 0.15) is 6.33 Å². The van der Waals surface area contributed by atoms with Crippen molar-refractivity contribution in [1.29, 1.82) is 0 Å². The van der Waals surface area contributed by atoms with Crippen molar-refractivity contribution in [3.8, 4) is 5.69 Å². The second kappa shape index (κ2) is 5.61. The lowest BCUT2D eigenvalue weighted by Gasteiger charge is -2.13. The van der Waals surface area contributed by atoms with Gasteiger partial charge < -0.3 is 11.1 Å². The van der Waals surface area contributed by atoms with Crippen molar-refractivity contribution >= 4 is 11.6 Å². The van der Waals surface area contributed by atoms with E-state index in [4.69, 9.17) is 5.73 Å². The maximum Gasteiger partial charge on any atom is 0.225 e. The number of aromatic nitrogens is 4. The highest BCUT2D eigenvalue weighted by atomic mass is 16.1. The Kier molecular flexibility index (Phi) is 3.66. The number of benzene rings is 1. The van der Waals surface area contributed by atoms with E-state index in [0.29, 0.717) is 12.3 Å². The number of nitrogens with zero attached hydrogens (tertiary/aromatic N) is 4. The van der Waals surface area contributed by atoms with Crippen LogP contribution in [0.2, 0.25) is 0 Å². The Morgan fingerprint density at radius 1 is 1.52 bits per heavy atom. The summed E-state index contributed by atoms with van der Waals surface area (Å²) in [6, 6.07) is 5.64. The van der Waals surface area contributed by atoms with E-state index in [9.17, 15) is 4.79 Å². The normalized spacial score (nSPS) is 15.7. The van der Waals surface area contributed by atoms with E-state index in [1.165, 1.54) is 6.33 Å². The molecular formula is C14H18N6O. The first-order valence-corrected chi connectivity index (χ1v) is 7.03. The third kappa shape index (κ3) is 3.25. The highest BCUT2D eigenvalue weighted by Crippen LogP contribution is 2.33. The summed E-state index contributed by atoms with van der Waals surface area (Å²) in [4.78, 5) is 12.1. The van der Waals surface area contributed by atoms with Crippen LogP contribution < -0.4 is 11.1 Å². The zero-order valence-corrected chi connectivity index (χ0v) is 11.9. The van der Waals surface area contributed by atoms with Gasteiger partial charge in [-0.05, 0) is 53.8 Å². The number of hydrogen-bond donors (Lipinski definition) is 2. The van der Waals surface area contributed by atoms with Crippen molar-refractivity contribution in [2.24, 2.45) is 11.7 Å². The third-order valence-corrected chi connectivity index (χ3v) is 3.76. The molecule has 110 valence electrons. The molecule has 1 atom stereocenters. The number of rotatable bonds is 5. The van der Waals surface area contributed by atoms with Crippen LogP contribution in [0.15, 0.2) is 24.5 Å². The molecule has 1 aromatic carbocycles. The van der Waals surface area contributed by atoms with Crippen LogP contribution in [-0.4, -0.2) is 32.2 Å². The fourth-order valence-electron chi connectivity index (χ4n) is 2.27. The van der Waals surface area contributed by atoms with Gasteiger partial charge in [0.2, 0.25) is 5.91 Å². The summed E-state index contributed by atoms with van der Waals surface area (Å²) in [6.07, 6.45) is 4.16. The van der Waals surface area contributed by atoms with Gasteiger partial charge in [-0.25, -0.2) is 4.68 Å². The topological polar surface area (TPSA) is 98.7 Å². The average molecular weight is 286 g/mol. The number of anilines is 1. The molecule has 1 unspecified atom stereocenters. The average Bonchev–Trinajstić information content (AvgIpc) is 3.17. The van der Waals surface area contributed by atoms with Crippen molar-refractivity contribution < 1.29 is 4.79 Å². The van der Waals surface area contributed by atoms with Gasteiger partial charge in [0.15, 0.2) is 0 Å². The van der Waals surface area contributed by atoms with E-state index in [0.717, 1.165) is 29.8 Å². The molecule has 0 saturated heterocycles. The highest BCUT2D eigenvalue weighted by molar-refractivity contribution is 5.92. The van der Waals surface area contributed by atoms with Gasteiger partial charge in [-0.1, -0.05) is 6.07 Å². The predicted octanol–water partition coefficient (Wildman–Crippen LogP) is 1.04. The number of nitrogens with two attached hydrogens (primary N) is 1. The zero-order chi connectivity index (χ0) is 14.8. The fourth-order valence-corrected chi connectivity index (χ4v) is 2.27. The lowest BCUT2D eigenvalue weighted by molar-refractivity contribution is -0.116. The minimum atomic E-state index is -0.0497. The van der Waals surface area contributed by atoms with Gasteiger partial charge in [-0.15, -0.1) is 5.10 Å². The molecule has 1 saturated carbocycles. The van der Waals surface area contributed by atoms with Crippen LogP contribution >= 0.6 is 0 Å². The van der Waals surface area contributed by atoms with Gasteiger partial charge in [0.05, 0.1) is 5.69 Å². The first-order valence-electron chi connectivity index (χ1n) is 7.03. The number of tetrazole rings is 1. The van der Waals surface area contributed by atoms with Crippen LogP contribution in [0.25, 0.3) is 5.69 Å². The number of nitrogens with one attached hydrogen (secondary N) is 1. The maximum atomic E-state index is 12.1. The summed E-state index contributed by atoms with van der Waals surface area (Å²) < 4.78 is 1.55. The van der Waals surface area contributed by atoms with Crippen molar-refractivity contribution in [2.75, 3.05) is 5.32 Å². The molecule has 1 heterocycles. The Morgan fingerprint density at radius 3 is 3.00 bits per heavy atom. The van der Waals surface area contributed by atoms with Crippen LogP contribution in [0.5, 0.6) is 0 Å². The Hall–Kier alpha value is -2.28. The van der Waals surface area contributed by atoms with Crippen LogP contribution in [0, 0.1) is 12.8 Å². The lowest BCUT2D eigenvalue weighted by atomic mass is 10.1. The molecular weight excluding hydrogens is 268 g/mol. The molecule has 7 heteroatoms. The molecule has 1 fully saturated rings. The number of carbonyl (C=O) groups is 1. The smallest absolute Gasteiger partial charge is 0.225 e. The molecule has 3 rings (SSSR count). The molecule has 21 heavy (non-hydrogen) atoms. The summed E-state index contributed by atoms with van der Waals surface area (Å²) in [6.45, 7) is 1.94. The summed E-state index contributed by atoms with van der Waals surface area (Å²) in [5, 5.41) is 14.0. The second-order valence-electron chi connectivity index (χ2n) is 5.51. The Bertz CT molecular complexity index is 635. The summed E-state index contributed by atoms with van der Waals surface area (Å²) in [5.41, 5.74) is 8.53. The number of hydrogen-bond acceptors (Lipinski definition) is 5. The Labute approximate surface area is 122 Å². The SMILES string of the molecule is Cc1ccc(-n2cnnn2)cc1NC(=O)CC(N)C1CC1. The van der Waals surface area contributed by atoms with Gasteiger partial charge in [-0.3, -0.25) is 4.79 Å². The Morgan fingerprint density at radius 2 is 2.33 bits per heavy atom. The zero-order valence-electron chi connectivity index (χ0n) is 11.9. The lowest BCUT2D eigenvalue weighted by Crippen LogP contribution is -2.29. The van der Waals surface area contributed by atoms with Gasteiger partial charge >= 0.3 is 0 Å². The minimum Gasteiger partial charge on any atom is -0.327 e. The summed E-state index contributed by atoms with van der Waals surface area (Å²) in [7, 11) is 0. The van der Waals surface area contributed by atoms with E-state index < -0.39 is 0 Å². The van der Waals surface area contributed by atoms with E-state index in [1.54, 1.807) is 4.68 Å². The van der Waals surface area contributed by atoms with Crippen molar-refractivity contribution in [1.82, 2.24) is 20.2 Å². The molecule has 0 radical (unpaired) electrons. The quantitative estimate of drug-likeness (QED) is 0.855. The van der Waals surface area contributed by atoms with Crippen LogP contribution in [0.3, 0.4) is 0 Å². The molecule has 0 spiro atoms. The summed E-state index contributed by atoms with van der Waals surface area (Å²) >= 11 is 0. The van der Waals surface area contributed by atoms with Crippen LogP contribution in [0.1, 0.15) is 24.8 Å². The molecule has 3 N–H and O–H groups in total. The van der Waals surface area contributed by atoms with Crippen LogP contribution in [0.4, 0.5) is 5.69 Å². The number of carbonyl (C=O) groups excluding carboxylic acids is 1. The van der Waals surface area contributed by atoms with E-state index in [2.05, 4.69) is 20.8 Å². The van der Waals surface area contributed by atoms with Gasteiger partial charge in [-0.2, -0.15) is 0 Å². The molecule has 2 aromatic rings. The standard InChI is InChI=1S/C14H18N6O/c1-9-2-5-11(20-8-16-18-19-20)6-13(9)17-14(21)7-12(15)10-3-4-10/h2,5-6,8,10,12H,3-4,7,15H2,1H3,(H,17,21). The molecule has 0 aliphatic heterocycles. The molecule has 7 nitrogen and oxygen atoms in total. The van der Waals surface area contributed by atoms with Crippen molar-refractivity contribution in [2.45, 2.75) is 32.2 Å². The van der Waals surface area contributed by atoms with E-state index in [1.807, 2.05) is 25.1 Å². The molecule has 1 aliphatic carbocycles. The van der Waals surface area contributed by atoms with Crippen LogP contribution in [-0.2, 0) is 4.79 Å². The van der Waals surface area contributed by atoms with Crippen molar-refractivity contribution in [3.63, 3.8) is 0 Å². The van der Waals surface area contributed by atoms with E-state index >= 15 is 0 Å². The molecule has 0 bridgehead atoms. The van der Waals surface area contributed by atoms with Gasteiger partial charge in [0, 0.05) is 18.2 Å². The highest BCUT2D eigenvalue weighted by Gasteiger charge is 2.29.